The van der Waals surface area contributed by atoms with Crippen molar-refractivity contribution in [1.29, 1.82) is 0 Å². The molecule has 1 aromatic rings. The molecule has 1 aliphatic rings. The van der Waals surface area contributed by atoms with Gasteiger partial charge in [-0.3, -0.25) is 4.79 Å². The summed E-state index contributed by atoms with van der Waals surface area (Å²) in [5, 5.41) is 2.92. The van der Waals surface area contributed by atoms with Crippen LogP contribution in [0, 0.1) is 6.92 Å². The minimum Gasteiger partial charge on any atom is -1.00 e. The van der Waals surface area contributed by atoms with Gasteiger partial charge in [0.2, 0.25) is 0 Å². The molecule has 1 amide bonds. The van der Waals surface area contributed by atoms with Crippen molar-refractivity contribution >= 4 is 11.6 Å². The molecular weight excluding hydrogens is 252 g/mol. The van der Waals surface area contributed by atoms with Crippen LogP contribution in [0.2, 0.25) is 0 Å². The highest BCUT2D eigenvalue weighted by atomic mass is 35.5. The molecule has 2 rings (SSSR count). The van der Waals surface area contributed by atoms with E-state index in [0.717, 1.165) is 32.0 Å². The van der Waals surface area contributed by atoms with E-state index < -0.39 is 0 Å². The summed E-state index contributed by atoms with van der Waals surface area (Å²) < 4.78 is 5.26. The van der Waals surface area contributed by atoms with Crippen LogP contribution in [0.5, 0.6) is 0 Å². The number of carbonyl (C=O) groups excluding carboxylic acids is 1. The van der Waals surface area contributed by atoms with Gasteiger partial charge in [0.15, 0.2) is 6.54 Å². The van der Waals surface area contributed by atoms with Gasteiger partial charge in [-0.25, -0.2) is 0 Å². The number of hydrogen-bond acceptors (Lipinski definition) is 2. The molecular formula is C13H19ClN2O2. The molecule has 4 nitrogen and oxygen atoms in total. The molecule has 1 aliphatic heterocycles. The van der Waals surface area contributed by atoms with Crippen LogP contribution in [-0.4, -0.2) is 38.8 Å². The largest absolute Gasteiger partial charge is 1.00 e. The van der Waals surface area contributed by atoms with E-state index in [1.54, 1.807) is 0 Å². The third-order valence-electron chi connectivity index (χ3n) is 2.95. The van der Waals surface area contributed by atoms with Gasteiger partial charge in [-0.05, 0) is 19.1 Å². The second-order valence-corrected chi connectivity index (χ2v) is 4.45. The Kier molecular flexibility index (Phi) is 6.12. The topological polar surface area (TPSA) is 42.8 Å². The normalized spacial score (nSPS) is 15.8. The number of rotatable bonds is 3. The van der Waals surface area contributed by atoms with Crippen molar-refractivity contribution in [1.82, 2.24) is 0 Å². The first kappa shape index (κ1) is 15.0. The van der Waals surface area contributed by atoms with Crippen molar-refractivity contribution in [2.45, 2.75) is 6.92 Å². The van der Waals surface area contributed by atoms with Gasteiger partial charge >= 0.3 is 0 Å². The Balaban J connectivity index is 0.00000162. The van der Waals surface area contributed by atoms with Crippen molar-refractivity contribution < 1.29 is 26.8 Å². The Morgan fingerprint density at radius 3 is 2.50 bits per heavy atom. The summed E-state index contributed by atoms with van der Waals surface area (Å²) in [6.07, 6.45) is 0. The second kappa shape index (κ2) is 7.36. The first-order valence-electron chi connectivity index (χ1n) is 6.02. The van der Waals surface area contributed by atoms with Gasteiger partial charge in [-0.15, -0.1) is 0 Å². The Hall–Kier alpha value is -1.10. The number of ether oxygens (including phenoxy) is 1. The van der Waals surface area contributed by atoms with Crippen LogP contribution in [0.15, 0.2) is 24.3 Å². The zero-order chi connectivity index (χ0) is 12.1. The molecule has 18 heavy (non-hydrogen) atoms. The van der Waals surface area contributed by atoms with Crippen molar-refractivity contribution in [2.24, 2.45) is 0 Å². The van der Waals surface area contributed by atoms with Gasteiger partial charge in [0.05, 0.1) is 13.2 Å². The van der Waals surface area contributed by atoms with Gasteiger partial charge in [0.1, 0.15) is 13.1 Å². The summed E-state index contributed by atoms with van der Waals surface area (Å²) in [5.41, 5.74) is 2.06. The van der Waals surface area contributed by atoms with Crippen molar-refractivity contribution in [2.75, 3.05) is 38.2 Å². The summed E-state index contributed by atoms with van der Waals surface area (Å²) >= 11 is 0. The summed E-state index contributed by atoms with van der Waals surface area (Å²) in [5.74, 6) is 0.0748. The van der Waals surface area contributed by atoms with Crippen LogP contribution in [0.25, 0.3) is 0 Å². The molecule has 0 aliphatic carbocycles. The zero-order valence-corrected chi connectivity index (χ0v) is 11.3. The predicted molar refractivity (Wildman–Crippen MR) is 66.2 cm³/mol. The van der Waals surface area contributed by atoms with Crippen LogP contribution < -0.4 is 22.6 Å². The highest BCUT2D eigenvalue weighted by molar-refractivity contribution is 5.91. The molecule has 0 bridgehead atoms. The first-order valence-corrected chi connectivity index (χ1v) is 6.02. The van der Waals surface area contributed by atoms with E-state index in [-0.39, 0.29) is 18.3 Å². The number of amides is 1. The van der Waals surface area contributed by atoms with Crippen LogP contribution >= 0.6 is 0 Å². The molecule has 1 heterocycles. The summed E-state index contributed by atoms with van der Waals surface area (Å²) in [6, 6.07) is 7.86. The quantitative estimate of drug-likeness (QED) is 0.610. The molecule has 0 unspecified atom stereocenters. The minimum absolute atomic E-state index is 0. The number of carbonyl (C=O) groups is 1. The number of hydrogen-bond donors (Lipinski definition) is 2. The van der Waals surface area contributed by atoms with E-state index in [9.17, 15) is 4.79 Å². The highest BCUT2D eigenvalue weighted by Gasteiger charge is 2.17. The van der Waals surface area contributed by atoms with Gasteiger partial charge < -0.3 is 27.4 Å². The third kappa shape index (κ3) is 4.64. The molecule has 0 radical (unpaired) electrons. The lowest BCUT2D eigenvalue weighted by Crippen LogP contribution is -3.15. The van der Waals surface area contributed by atoms with E-state index in [1.807, 2.05) is 31.2 Å². The number of benzene rings is 1. The van der Waals surface area contributed by atoms with E-state index in [1.165, 1.54) is 10.5 Å². The third-order valence-corrected chi connectivity index (χ3v) is 2.95. The summed E-state index contributed by atoms with van der Waals surface area (Å²) in [7, 11) is 0. The van der Waals surface area contributed by atoms with E-state index in [4.69, 9.17) is 4.74 Å². The Morgan fingerprint density at radius 2 is 1.89 bits per heavy atom. The zero-order valence-electron chi connectivity index (χ0n) is 10.5. The predicted octanol–water partition coefficient (Wildman–Crippen LogP) is -3.15. The molecule has 100 valence electrons. The summed E-state index contributed by atoms with van der Waals surface area (Å²) in [4.78, 5) is 13.1. The Morgan fingerprint density at radius 1 is 1.28 bits per heavy atom. The molecule has 2 N–H and O–H groups in total. The lowest BCUT2D eigenvalue weighted by Gasteiger charge is -2.23. The van der Waals surface area contributed by atoms with Crippen molar-refractivity contribution in [3.63, 3.8) is 0 Å². The number of halogens is 1. The monoisotopic (exact) mass is 270 g/mol. The molecule has 1 saturated heterocycles. The molecule has 0 atom stereocenters. The van der Waals surface area contributed by atoms with Crippen molar-refractivity contribution in [3.8, 4) is 0 Å². The lowest BCUT2D eigenvalue weighted by atomic mass is 10.2. The number of nitrogens with one attached hydrogen (secondary N) is 2. The number of quaternary nitrogens is 1. The molecule has 0 aromatic heterocycles. The lowest BCUT2D eigenvalue weighted by molar-refractivity contribution is -0.899. The van der Waals surface area contributed by atoms with Crippen molar-refractivity contribution in [3.05, 3.63) is 29.8 Å². The average molecular weight is 271 g/mol. The Labute approximate surface area is 114 Å². The number of aryl methyl sites for hydroxylation is 1. The summed E-state index contributed by atoms with van der Waals surface area (Å²) in [6.45, 7) is 5.91. The van der Waals surface area contributed by atoms with Gasteiger partial charge in [-0.1, -0.05) is 17.7 Å². The smallest absolute Gasteiger partial charge is 0.279 e. The molecule has 1 fully saturated rings. The highest BCUT2D eigenvalue weighted by Crippen LogP contribution is 2.07. The molecule has 0 saturated carbocycles. The van der Waals surface area contributed by atoms with E-state index in [2.05, 4.69) is 5.32 Å². The van der Waals surface area contributed by atoms with Crippen LogP contribution in [-0.2, 0) is 9.53 Å². The van der Waals surface area contributed by atoms with Crippen LogP contribution in [0.4, 0.5) is 5.69 Å². The first-order chi connectivity index (χ1) is 8.24. The number of anilines is 1. The molecule has 5 heteroatoms. The number of morpholine rings is 1. The van der Waals surface area contributed by atoms with Crippen LogP contribution in [0.1, 0.15) is 5.56 Å². The minimum atomic E-state index is 0. The fourth-order valence-electron chi connectivity index (χ4n) is 1.91. The Bertz CT molecular complexity index is 375. The molecule has 0 spiro atoms. The fraction of sp³-hybridized carbons (Fsp3) is 0.462. The van der Waals surface area contributed by atoms with Gasteiger partial charge in [0.25, 0.3) is 5.91 Å². The standard InChI is InChI=1S/C13H18N2O2.ClH/c1-11-2-4-12(5-3-11)14-13(16)10-15-6-8-17-9-7-15;/h2-5H,6-10H2,1H3,(H,14,16);1H. The average Bonchev–Trinajstić information content (AvgIpc) is 2.33. The van der Waals surface area contributed by atoms with Gasteiger partial charge in [0, 0.05) is 5.69 Å². The fourth-order valence-corrected chi connectivity index (χ4v) is 1.91. The van der Waals surface area contributed by atoms with E-state index in [0.29, 0.717) is 6.54 Å². The maximum absolute atomic E-state index is 11.8. The second-order valence-electron chi connectivity index (χ2n) is 4.45. The van der Waals surface area contributed by atoms with Gasteiger partial charge in [-0.2, -0.15) is 0 Å². The maximum atomic E-state index is 11.8. The maximum Gasteiger partial charge on any atom is 0.279 e. The van der Waals surface area contributed by atoms with E-state index >= 15 is 0 Å². The van der Waals surface area contributed by atoms with Crippen LogP contribution in [0.3, 0.4) is 0 Å². The molecule has 1 aromatic carbocycles. The SMILES string of the molecule is Cc1ccc(NC(=O)C[NH+]2CCOCC2)cc1.[Cl-].